The monoisotopic (exact) mass is 484 g/mol. The predicted octanol–water partition coefficient (Wildman–Crippen LogP) is 3.26. The number of fused-ring (bicyclic) bond motifs is 1. The van der Waals surface area contributed by atoms with Crippen molar-refractivity contribution in [2.45, 2.75) is 44.7 Å². The minimum absolute atomic E-state index is 0.0514. The van der Waals surface area contributed by atoms with E-state index in [4.69, 9.17) is 4.42 Å². The van der Waals surface area contributed by atoms with Crippen LogP contribution in [0.5, 0.6) is 0 Å². The molecule has 36 heavy (non-hydrogen) atoms. The van der Waals surface area contributed by atoms with Crippen molar-refractivity contribution in [1.82, 2.24) is 34.5 Å². The Morgan fingerprint density at radius 1 is 1.28 bits per heavy atom. The highest BCUT2D eigenvalue weighted by Gasteiger charge is 2.48. The first-order valence-corrected chi connectivity index (χ1v) is 12.3. The number of aromatic nitrogens is 5. The molecule has 0 bridgehead atoms. The summed E-state index contributed by atoms with van der Waals surface area (Å²) in [7, 11) is 0. The van der Waals surface area contributed by atoms with Crippen molar-refractivity contribution in [3.8, 4) is 17.3 Å². The second kappa shape index (κ2) is 8.60. The lowest BCUT2D eigenvalue weighted by atomic mass is 9.83. The van der Waals surface area contributed by atoms with Crippen molar-refractivity contribution < 1.29 is 9.21 Å². The Hall–Kier alpha value is -3.97. The van der Waals surface area contributed by atoms with Crippen LogP contribution in [0.1, 0.15) is 41.1 Å². The number of furan rings is 1. The van der Waals surface area contributed by atoms with Crippen molar-refractivity contribution in [1.29, 1.82) is 5.26 Å². The van der Waals surface area contributed by atoms with Gasteiger partial charge >= 0.3 is 0 Å². The number of amides is 1. The van der Waals surface area contributed by atoms with Crippen LogP contribution in [0.15, 0.2) is 41.5 Å². The van der Waals surface area contributed by atoms with E-state index in [1.165, 1.54) is 0 Å². The lowest BCUT2D eigenvalue weighted by Crippen LogP contribution is -2.66. The molecule has 4 aromatic rings. The van der Waals surface area contributed by atoms with Crippen molar-refractivity contribution >= 4 is 16.9 Å². The standard InChI is InChI=1S/C26H28N8O2/c1-17-11-22(18(2)36-17)25(35)32-9-4-20(5-10-32)33-14-26(15-33,6-7-27)34-13-19(12-31-34)23-21-3-8-28-24(21)30-16-29-23/h3,8,11-13,16,20H,4-6,9-10,14-15H2,1-2H3,(H,28,29,30). The van der Waals surface area contributed by atoms with Crippen LogP contribution < -0.4 is 0 Å². The number of carbonyl (C=O) groups excluding carboxylic acids is 1. The van der Waals surface area contributed by atoms with Crippen LogP contribution in [0.25, 0.3) is 22.3 Å². The maximum Gasteiger partial charge on any atom is 0.257 e. The van der Waals surface area contributed by atoms with Gasteiger partial charge in [0.25, 0.3) is 5.91 Å². The van der Waals surface area contributed by atoms with E-state index in [1.807, 2.05) is 54.2 Å². The number of nitrogens with zero attached hydrogens (tertiary/aromatic N) is 7. The fourth-order valence-corrected chi connectivity index (χ4v) is 5.71. The van der Waals surface area contributed by atoms with Crippen LogP contribution in [-0.4, -0.2) is 72.7 Å². The molecule has 2 aliphatic heterocycles. The molecule has 0 unspecified atom stereocenters. The van der Waals surface area contributed by atoms with Gasteiger partial charge in [-0.25, -0.2) is 9.97 Å². The second-order valence-electron chi connectivity index (χ2n) is 9.95. The Labute approximate surface area is 208 Å². The van der Waals surface area contributed by atoms with Crippen LogP contribution in [0, 0.1) is 25.2 Å². The molecule has 2 aliphatic rings. The minimum Gasteiger partial charge on any atom is -0.466 e. The fraction of sp³-hybridized carbons (Fsp3) is 0.423. The Balaban J connectivity index is 1.13. The highest BCUT2D eigenvalue weighted by molar-refractivity contribution is 5.95. The third-order valence-corrected chi connectivity index (χ3v) is 7.64. The van der Waals surface area contributed by atoms with E-state index in [0.717, 1.165) is 67.1 Å². The van der Waals surface area contributed by atoms with Crippen LogP contribution >= 0.6 is 0 Å². The van der Waals surface area contributed by atoms with Gasteiger partial charge in [-0.3, -0.25) is 14.4 Å². The van der Waals surface area contributed by atoms with E-state index in [9.17, 15) is 10.1 Å². The second-order valence-corrected chi connectivity index (χ2v) is 9.95. The zero-order valence-corrected chi connectivity index (χ0v) is 20.4. The number of carbonyl (C=O) groups is 1. The third-order valence-electron chi connectivity index (χ3n) is 7.64. The molecule has 6 rings (SSSR count). The molecule has 2 saturated heterocycles. The van der Waals surface area contributed by atoms with Gasteiger partial charge in [-0.2, -0.15) is 10.4 Å². The molecule has 2 fully saturated rings. The SMILES string of the molecule is Cc1cc(C(=O)N2CCC(N3CC(CC#N)(n4cc(-c5ncnc6[nH]ccc56)cn4)C3)CC2)c(C)o1. The summed E-state index contributed by atoms with van der Waals surface area (Å²) in [6.45, 7) is 6.69. The van der Waals surface area contributed by atoms with Gasteiger partial charge in [0, 0.05) is 55.6 Å². The molecule has 0 spiro atoms. The van der Waals surface area contributed by atoms with E-state index in [2.05, 4.69) is 31.0 Å². The molecular weight excluding hydrogens is 456 g/mol. The first-order chi connectivity index (χ1) is 17.5. The Morgan fingerprint density at radius 2 is 2.08 bits per heavy atom. The summed E-state index contributed by atoms with van der Waals surface area (Å²) in [5, 5.41) is 15.2. The smallest absolute Gasteiger partial charge is 0.257 e. The number of nitrogens with one attached hydrogen (secondary N) is 1. The van der Waals surface area contributed by atoms with E-state index < -0.39 is 0 Å². The Morgan fingerprint density at radius 3 is 2.81 bits per heavy atom. The van der Waals surface area contributed by atoms with E-state index in [0.29, 0.717) is 23.8 Å². The molecule has 10 nitrogen and oxygen atoms in total. The number of hydrogen-bond acceptors (Lipinski definition) is 7. The predicted molar refractivity (Wildman–Crippen MR) is 132 cm³/mol. The van der Waals surface area contributed by atoms with Crippen LogP contribution in [0.4, 0.5) is 0 Å². The molecule has 6 heterocycles. The van der Waals surface area contributed by atoms with E-state index >= 15 is 0 Å². The Kier molecular flexibility index (Phi) is 5.38. The van der Waals surface area contributed by atoms with Gasteiger partial charge in [0.15, 0.2) is 0 Å². The van der Waals surface area contributed by atoms with Crippen LogP contribution in [0.3, 0.4) is 0 Å². The number of nitriles is 1. The first-order valence-electron chi connectivity index (χ1n) is 12.3. The highest BCUT2D eigenvalue weighted by Crippen LogP contribution is 2.37. The summed E-state index contributed by atoms with van der Waals surface area (Å²) in [5.74, 6) is 1.50. The van der Waals surface area contributed by atoms with Crippen molar-refractivity contribution in [3.63, 3.8) is 0 Å². The molecule has 0 saturated carbocycles. The highest BCUT2D eigenvalue weighted by atomic mass is 16.3. The molecule has 10 heteroatoms. The van der Waals surface area contributed by atoms with Gasteiger partial charge in [0.1, 0.15) is 29.0 Å². The van der Waals surface area contributed by atoms with Crippen molar-refractivity contribution in [3.05, 3.63) is 54.1 Å². The van der Waals surface area contributed by atoms with Crippen LogP contribution in [0.2, 0.25) is 0 Å². The molecule has 0 aromatic carbocycles. The van der Waals surface area contributed by atoms with E-state index in [1.54, 1.807) is 6.33 Å². The van der Waals surface area contributed by atoms with Crippen LogP contribution in [-0.2, 0) is 5.54 Å². The van der Waals surface area contributed by atoms with Gasteiger partial charge in [0.05, 0.1) is 29.9 Å². The maximum atomic E-state index is 12.9. The van der Waals surface area contributed by atoms with Crippen molar-refractivity contribution in [2.75, 3.05) is 26.2 Å². The summed E-state index contributed by atoms with van der Waals surface area (Å²) in [5.41, 5.74) is 2.84. The summed E-state index contributed by atoms with van der Waals surface area (Å²) in [6.07, 6.45) is 9.45. The summed E-state index contributed by atoms with van der Waals surface area (Å²) in [6, 6.07) is 6.56. The molecule has 1 amide bonds. The number of likely N-dealkylation sites (tertiary alicyclic amines) is 2. The number of aryl methyl sites for hydroxylation is 2. The maximum absolute atomic E-state index is 12.9. The average Bonchev–Trinajstić information content (AvgIpc) is 3.60. The number of H-pyrrole nitrogens is 1. The topological polar surface area (TPSA) is 120 Å². The molecule has 4 aromatic heterocycles. The minimum atomic E-state index is -0.352. The normalized spacial score (nSPS) is 18.3. The summed E-state index contributed by atoms with van der Waals surface area (Å²) < 4.78 is 7.50. The fourth-order valence-electron chi connectivity index (χ4n) is 5.71. The quantitative estimate of drug-likeness (QED) is 0.462. The molecule has 184 valence electrons. The lowest BCUT2D eigenvalue weighted by molar-refractivity contribution is -0.0412. The number of piperidine rings is 1. The van der Waals surface area contributed by atoms with Gasteiger partial charge in [-0.05, 0) is 38.8 Å². The van der Waals surface area contributed by atoms with Gasteiger partial charge in [0.2, 0.25) is 0 Å². The number of hydrogen-bond donors (Lipinski definition) is 1. The Bertz CT molecular complexity index is 1460. The zero-order chi connectivity index (χ0) is 24.9. The lowest BCUT2D eigenvalue weighted by Gasteiger charge is -2.53. The first kappa shape index (κ1) is 22.5. The zero-order valence-electron chi connectivity index (χ0n) is 20.4. The van der Waals surface area contributed by atoms with Gasteiger partial charge in [-0.1, -0.05) is 0 Å². The number of aromatic amines is 1. The molecule has 0 aliphatic carbocycles. The average molecular weight is 485 g/mol. The largest absolute Gasteiger partial charge is 0.466 e. The number of rotatable bonds is 5. The molecule has 0 radical (unpaired) electrons. The summed E-state index contributed by atoms with van der Waals surface area (Å²) in [4.78, 5) is 29.2. The van der Waals surface area contributed by atoms with Crippen molar-refractivity contribution in [2.24, 2.45) is 0 Å². The summed E-state index contributed by atoms with van der Waals surface area (Å²) >= 11 is 0. The molecule has 1 N–H and O–H groups in total. The van der Waals surface area contributed by atoms with Gasteiger partial charge in [-0.15, -0.1) is 0 Å². The van der Waals surface area contributed by atoms with E-state index in [-0.39, 0.29) is 11.4 Å². The molecule has 0 atom stereocenters. The van der Waals surface area contributed by atoms with Gasteiger partial charge < -0.3 is 14.3 Å². The molecular formula is C26H28N8O2. The third kappa shape index (κ3) is 3.67.